The summed E-state index contributed by atoms with van der Waals surface area (Å²) in [6.07, 6.45) is 0.185. The van der Waals surface area contributed by atoms with Gasteiger partial charge >= 0.3 is 0 Å². The van der Waals surface area contributed by atoms with E-state index in [1.165, 1.54) is 40.9 Å². The smallest absolute Gasteiger partial charge is 0.209 e. The molecule has 25 heavy (non-hydrogen) atoms. The van der Waals surface area contributed by atoms with Crippen molar-refractivity contribution in [1.29, 1.82) is 0 Å². The van der Waals surface area contributed by atoms with Crippen molar-refractivity contribution in [3.63, 3.8) is 0 Å². The quantitative estimate of drug-likeness (QED) is 0.576. The lowest BCUT2D eigenvalue weighted by atomic mass is 10.3. The zero-order chi connectivity index (χ0) is 17.5. The summed E-state index contributed by atoms with van der Waals surface area (Å²) in [5.74, 6) is 0.602. The zero-order valence-electron chi connectivity index (χ0n) is 13.3. The average molecular weight is 380 g/mol. The van der Waals surface area contributed by atoms with E-state index in [0.29, 0.717) is 23.2 Å². The summed E-state index contributed by atoms with van der Waals surface area (Å²) in [6, 6.07) is 9.79. The van der Waals surface area contributed by atoms with Crippen LogP contribution in [0.25, 0.3) is 0 Å². The van der Waals surface area contributed by atoms with Gasteiger partial charge in [0, 0.05) is 17.1 Å². The summed E-state index contributed by atoms with van der Waals surface area (Å²) >= 11 is 3.08. The number of benzene rings is 1. The summed E-state index contributed by atoms with van der Waals surface area (Å²) < 4.78 is 20.0. The maximum atomic E-state index is 12.8. The second kappa shape index (κ2) is 8.93. The summed E-state index contributed by atoms with van der Waals surface area (Å²) in [7, 11) is 0. The van der Waals surface area contributed by atoms with Crippen LogP contribution < -0.4 is 4.74 Å². The van der Waals surface area contributed by atoms with Crippen molar-refractivity contribution >= 4 is 23.1 Å². The van der Waals surface area contributed by atoms with Crippen molar-refractivity contribution in [3.05, 3.63) is 52.5 Å². The zero-order valence-corrected chi connectivity index (χ0v) is 14.9. The van der Waals surface area contributed by atoms with Crippen molar-refractivity contribution in [2.45, 2.75) is 24.2 Å². The summed E-state index contributed by atoms with van der Waals surface area (Å²) in [5.41, 5.74) is 0. The molecule has 0 spiro atoms. The third kappa shape index (κ3) is 5.52. The molecular weight excluding hydrogens is 363 g/mol. The molecule has 0 radical (unpaired) electrons. The van der Waals surface area contributed by atoms with Gasteiger partial charge in [-0.15, -0.1) is 16.4 Å². The Morgan fingerprint density at radius 2 is 2.12 bits per heavy atom. The van der Waals surface area contributed by atoms with Crippen LogP contribution in [0.5, 0.6) is 5.75 Å². The molecule has 0 amide bonds. The van der Waals surface area contributed by atoms with Crippen LogP contribution >= 0.6 is 23.1 Å². The number of thioether (sulfide) groups is 1. The minimum absolute atomic E-state index is 0.120. The monoisotopic (exact) mass is 380 g/mol. The molecule has 0 saturated carbocycles. The van der Waals surface area contributed by atoms with Gasteiger partial charge < -0.3 is 9.84 Å². The first-order valence-electron chi connectivity index (χ1n) is 7.68. The van der Waals surface area contributed by atoms with E-state index in [4.69, 9.17) is 4.74 Å². The van der Waals surface area contributed by atoms with Gasteiger partial charge in [0.2, 0.25) is 5.16 Å². The summed E-state index contributed by atoms with van der Waals surface area (Å²) in [4.78, 5) is 1.28. The molecule has 0 aliphatic heterocycles. The van der Waals surface area contributed by atoms with Gasteiger partial charge in [-0.1, -0.05) is 17.8 Å². The van der Waals surface area contributed by atoms with Crippen LogP contribution in [-0.4, -0.2) is 43.8 Å². The molecule has 0 aliphatic rings. The van der Waals surface area contributed by atoms with Crippen molar-refractivity contribution < 1.29 is 14.2 Å². The van der Waals surface area contributed by atoms with Crippen LogP contribution in [0.3, 0.4) is 0 Å². The normalized spacial score (nSPS) is 12.2. The summed E-state index contributed by atoms with van der Waals surface area (Å²) in [6.45, 7) is 0.813. The molecule has 1 N–H and O–H groups in total. The minimum Gasteiger partial charge on any atom is -0.491 e. The highest BCUT2D eigenvalue weighted by Gasteiger charge is 2.12. The highest BCUT2D eigenvalue weighted by atomic mass is 32.2. The number of aryl methyl sites for hydroxylation is 2. The van der Waals surface area contributed by atoms with Gasteiger partial charge in [0.15, 0.2) is 0 Å². The predicted octanol–water partition coefficient (Wildman–Crippen LogP) is 2.65. The van der Waals surface area contributed by atoms with E-state index in [2.05, 4.69) is 21.6 Å². The number of rotatable bonds is 9. The van der Waals surface area contributed by atoms with Crippen molar-refractivity contribution in [2.75, 3.05) is 12.4 Å². The molecule has 3 rings (SSSR count). The molecule has 0 fully saturated rings. The Bertz CT molecular complexity index is 765. The Kier molecular flexibility index (Phi) is 6.37. The largest absolute Gasteiger partial charge is 0.491 e. The van der Waals surface area contributed by atoms with E-state index in [9.17, 15) is 9.50 Å². The Balaban J connectivity index is 1.43. The average Bonchev–Trinajstić information content (AvgIpc) is 3.29. The number of aliphatic hydroxyl groups is 1. The van der Waals surface area contributed by atoms with Gasteiger partial charge in [0.1, 0.15) is 18.2 Å². The van der Waals surface area contributed by atoms with Crippen molar-refractivity contribution in [2.24, 2.45) is 0 Å². The van der Waals surface area contributed by atoms with Gasteiger partial charge in [0.25, 0.3) is 0 Å². The number of thiophene rings is 1. The lowest BCUT2D eigenvalue weighted by Crippen LogP contribution is -2.20. The van der Waals surface area contributed by atoms with Gasteiger partial charge in [-0.25, -0.2) is 9.07 Å². The molecule has 6 nitrogen and oxygen atoms in total. The number of aliphatic hydroxyl groups excluding tert-OH is 1. The molecule has 0 aliphatic carbocycles. The lowest BCUT2D eigenvalue weighted by molar-refractivity contribution is 0.126. The second-order valence-corrected chi connectivity index (χ2v) is 7.26. The molecular formula is C16H17FN4O2S2. The Hall–Kier alpha value is -1.97. The van der Waals surface area contributed by atoms with Crippen LogP contribution in [0, 0.1) is 5.82 Å². The highest BCUT2D eigenvalue weighted by Crippen LogP contribution is 2.17. The van der Waals surface area contributed by atoms with Gasteiger partial charge in [0.05, 0.1) is 12.6 Å². The SMILES string of the molecule is O[C@H](COc1ccc(F)cc1)CSc1nnnn1CCc1cccs1. The molecule has 1 aromatic carbocycles. The van der Waals surface area contributed by atoms with E-state index in [-0.39, 0.29) is 12.4 Å². The maximum Gasteiger partial charge on any atom is 0.209 e. The van der Waals surface area contributed by atoms with Gasteiger partial charge in [-0.2, -0.15) is 0 Å². The number of aromatic nitrogens is 4. The number of ether oxygens (including phenoxy) is 1. The highest BCUT2D eigenvalue weighted by molar-refractivity contribution is 7.99. The number of nitrogens with zero attached hydrogens (tertiary/aromatic N) is 4. The second-order valence-electron chi connectivity index (χ2n) is 5.24. The van der Waals surface area contributed by atoms with E-state index < -0.39 is 6.10 Å². The van der Waals surface area contributed by atoms with E-state index in [1.807, 2.05) is 11.4 Å². The lowest BCUT2D eigenvalue weighted by Gasteiger charge is -2.11. The fourth-order valence-electron chi connectivity index (χ4n) is 2.05. The number of halogens is 1. The molecule has 2 aromatic heterocycles. The van der Waals surface area contributed by atoms with Gasteiger partial charge in [-0.05, 0) is 46.1 Å². The first-order valence-corrected chi connectivity index (χ1v) is 9.55. The molecule has 132 valence electrons. The fourth-order valence-corrected chi connectivity index (χ4v) is 3.56. The maximum absolute atomic E-state index is 12.8. The van der Waals surface area contributed by atoms with Crippen LogP contribution in [0.15, 0.2) is 46.9 Å². The number of hydrogen-bond donors (Lipinski definition) is 1. The third-order valence-electron chi connectivity index (χ3n) is 3.31. The Morgan fingerprint density at radius 3 is 2.88 bits per heavy atom. The van der Waals surface area contributed by atoms with Crippen LogP contribution in [0.4, 0.5) is 4.39 Å². The molecule has 0 unspecified atom stereocenters. The fraction of sp³-hybridized carbons (Fsp3) is 0.312. The first-order chi connectivity index (χ1) is 12.2. The molecule has 2 heterocycles. The molecule has 3 aromatic rings. The predicted molar refractivity (Wildman–Crippen MR) is 94.5 cm³/mol. The minimum atomic E-state index is -0.683. The number of tetrazole rings is 1. The van der Waals surface area contributed by atoms with Crippen LogP contribution in [0.2, 0.25) is 0 Å². The van der Waals surface area contributed by atoms with Crippen molar-refractivity contribution in [1.82, 2.24) is 20.2 Å². The topological polar surface area (TPSA) is 73.1 Å². The molecule has 1 atom stereocenters. The Labute approximate surface area is 152 Å². The third-order valence-corrected chi connectivity index (χ3v) is 5.35. The molecule has 0 bridgehead atoms. The first kappa shape index (κ1) is 17.8. The molecule has 0 saturated heterocycles. The van der Waals surface area contributed by atoms with Gasteiger partial charge in [-0.3, -0.25) is 0 Å². The van der Waals surface area contributed by atoms with Crippen molar-refractivity contribution in [3.8, 4) is 5.75 Å². The van der Waals surface area contributed by atoms with E-state index in [1.54, 1.807) is 16.0 Å². The van der Waals surface area contributed by atoms with Crippen LogP contribution in [0.1, 0.15) is 4.88 Å². The van der Waals surface area contributed by atoms with E-state index in [0.717, 1.165) is 6.42 Å². The Morgan fingerprint density at radius 1 is 1.28 bits per heavy atom. The summed E-state index contributed by atoms with van der Waals surface area (Å²) in [5, 5.41) is 24.4. The number of hydrogen-bond acceptors (Lipinski definition) is 7. The van der Waals surface area contributed by atoms with Crippen LogP contribution in [-0.2, 0) is 13.0 Å². The standard InChI is InChI=1S/C16H17FN4O2S2/c17-12-3-5-14(6-4-12)23-10-13(22)11-25-16-18-19-20-21(16)8-7-15-2-1-9-24-15/h1-6,9,13,22H,7-8,10-11H2/t13-/m1/s1. The van der Waals surface area contributed by atoms with E-state index >= 15 is 0 Å². The molecule has 9 heteroatoms.